The molecule has 2 rings (SSSR count). The highest BCUT2D eigenvalue weighted by molar-refractivity contribution is 5.27. The Morgan fingerprint density at radius 3 is 2.44 bits per heavy atom. The summed E-state index contributed by atoms with van der Waals surface area (Å²) in [5.74, 6) is 0.871. The third-order valence-corrected chi connectivity index (χ3v) is 3.78. The van der Waals surface area contributed by atoms with Gasteiger partial charge < -0.3 is 9.84 Å². The van der Waals surface area contributed by atoms with Gasteiger partial charge in [0.15, 0.2) is 0 Å². The van der Waals surface area contributed by atoms with Crippen molar-refractivity contribution in [1.82, 2.24) is 0 Å². The van der Waals surface area contributed by atoms with Gasteiger partial charge in [-0.05, 0) is 43.4 Å². The van der Waals surface area contributed by atoms with Gasteiger partial charge in [-0.1, -0.05) is 38.3 Å². The van der Waals surface area contributed by atoms with Gasteiger partial charge >= 0.3 is 0 Å². The van der Waals surface area contributed by atoms with Gasteiger partial charge in [0.2, 0.25) is 0 Å². The average molecular weight is 248 g/mol. The van der Waals surface area contributed by atoms with Crippen LogP contribution in [0, 0.1) is 0 Å². The fourth-order valence-electron chi connectivity index (χ4n) is 2.53. The molecule has 2 nitrogen and oxygen atoms in total. The average Bonchev–Trinajstić information content (AvgIpc) is 2.83. The SMILES string of the molecule is CCCCc1ccc(OCC2(O)CCCC2)cc1. The highest BCUT2D eigenvalue weighted by Gasteiger charge is 2.31. The number of hydrogen-bond acceptors (Lipinski definition) is 2. The van der Waals surface area contributed by atoms with E-state index in [1.54, 1.807) is 0 Å². The minimum Gasteiger partial charge on any atom is -0.491 e. The smallest absolute Gasteiger partial charge is 0.119 e. The second kappa shape index (κ2) is 6.24. The van der Waals surface area contributed by atoms with Gasteiger partial charge in [-0.3, -0.25) is 0 Å². The summed E-state index contributed by atoms with van der Waals surface area (Å²) in [4.78, 5) is 0. The topological polar surface area (TPSA) is 29.5 Å². The zero-order chi connectivity index (χ0) is 12.8. The molecule has 0 radical (unpaired) electrons. The lowest BCUT2D eigenvalue weighted by atomic mass is 10.0. The van der Waals surface area contributed by atoms with Crippen molar-refractivity contribution >= 4 is 0 Å². The number of aliphatic hydroxyl groups is 1. The summed E-state index contributed by atoms with van der Waals surface area (Å²) in [6.07, 6.45) is 7.60. The van der Waals surface area contributed by atoms with E-state index >= 15 is 0 Å². The van der Waals surface area contributed by atoms with Crippen molar-refractivity contribution in [1.29, 1.82) is 0 Å². The van der Waals surface area contributed by atoms with Crippen molar-refractivity contribution in [3.63, 3.8) is 0 Å². The maximum atomic E-state index is 10.2. The first-order chi connectivity index (χ1) is 8.72. The zero-order valence-corrected chi connectivity index (χ0v) is 11.3. The van der Waals surface area contributed by atoms with Gasteiger partial charge in [0, 0.05) is 0 Å². The van der Waals surface area contributed by atoms with E-state index in [0.717, 1.165) is 37.9 Å². The number of rotatable bonds is 6. The van der Waals surface area contributed by atoms with Crippen LogP contribution in [-0.4, -0.2) is 17.3 Å². The molecule has 1 saturated carbocycles. The molecule has 1 aromatic rings. The second-order valence-corrected chi connectivity index (χ2v) is 5.47. The molecule has 0 amide bonds. The van der Waals surface area contributed by atoms with Gasteiger partial charge in [0.05, 0.1) is 5.60 Å². The van der Waals surface area contributed by atoms with E-state index in [0.29, 0.717) is 6.61 Å². The summed E-state index contributed by atoms with van der Waals surface area (Å²) in [5, 5.41) is 10.2. The molecule has 1 N–H and O–H groups in total. The summed E-state index contributed by atoms with van der Waals surface area (Å²) in [6.45, 7) is 2.64. The Balaban J connectivity index is 1.82. The summed E-state index contributed by atoms with van der Waals surface area (Å²) in [6, 6.07) is 8.29. The molecule has 1 fully saturated rings. The van der Waals surface area contributed by atoms with E-state index in [1.807, 2.05) is 12.1 Å². The molecule has 0 aromatic heterocycles. The van der Waals surface area contributed by atoms with E-state index in [9.17, 15) is 5.11 Å². The van der Waals surface area contributed by atoms with Crippen molar-refractivity contribution in [3.8, 4) is 5.75 Å². The van der Waals surface area contributed by atoms with Crippen molar-refractivity contribution in [2.24, 2.45) is 0 Å². The van der Waals surface area contributed by atoms with Gasteiger partial charge in [0.1, 0.15) is 12.4 Å². The van der Waals surface area contributed by atoms with Crippen molar-refractivity contribution in [2.75, 3.05) is 6.61 Å². The number of unbranched alkanes of at least 4 members (excludes halogenated alkanes) is 1. The highest BCUT2D eigenvalue weighted by atomic mass is 16.5. The van der Waals surface area contributed by atoms with E-state index in [-0.39, 0.29) is 0 Å². The third kappa shape index (κ3) is 3.74. The molecule has 1 aliphatic carbocycles. The Morgan fingerprint density at radius 1 is 1.17 bits per heavy atom. The van der Waals surface area contributed by atoms with Crippen molar-refractivity contribution in [2.45, 2.75) is 57.5 Å². The van der Waals surface area contributed by atoms with Crippen LogP contribution in [0.5, 0.6) is 5.75 Å². The molecular formula is C16H24O2. The molecule has 0 unspecified atom stereocenters. The van der Waals surface area contributed by atoms with Crippen LogP contribution in [0.15, 0.2) is 24.3 Å². The lowest BCUT2D eigenvalue weighted by Crippen LogP contribution is -2.32. The predicted octanol–water partition coefficient (Wildman–Crippen LogP) is 3.71. The van der Waals surface area contributed by atoms with Crippen molar-refractivity contribution < 1.29 is 9.84 Å². The standard InChI is InChI=1S/C16H24O2/c1-2-3-6-14-7-9-15(10-8-14)18-13-16(17)11-4-5-12-16/h7-10,17H,2-6,11-13H2,1H3. The molecule has 0 atom stereocenters. The molecular weight excluding hydrogens is 224 g/mol. The van der Waals surface area contributed by atoms with Gasteiger partial charge in [0.25, 0.3) is 0 Å². The lowest BCUT2D eigenvalue weighted by Gasteiger charge is -2.22. The van der Waals surface area contributed by atoms with Crippen LogP contribution in [0.3, 0.4) is 0 Å². The molecule has 1 aliphatic rings. The van der Waals surface area contributed by atoms with Crippen LogP contribution < -0.4 is 4.74 Å². The van der Waals surface area contributed by atoms with Gasteiger partial charge in [-0.15, -0.1) is 0 Å². The molecule has 0 heterocycles. The molecule has 0 saturated heterocycles. The summed E-state index contributed by atoms with van der Waals surface area (Å²) in [7, 11) is 0. The summed E-state index contributed by atoms with van der Waals surface area (Å²) < 4.78 is 5.70. The predicted molar refractivity (Wildman–Crippen MR) is 74.0 cm³/mol. The maximum absolute atomic E-state index is 10.2. The molecule has 18 heavy (non-hydrogen) atoms. The van der Waals surface area contributed by atoms with Gasteiger partial charge in [-0.2, -0.15) is 0 Å². The van der Waals surface area contributed by atoms with Crippen LogP contribution in [0.1, 0.15) is 51.0 Å². The Labute approximate surface area is 110 Å². The third-order valence-electron chi connectivity index (χ3n) is 3.78. The molecule has 0 bridgehead atoms. The van der Waals surface area contributed by atoms with Crippen molar-refractivity contribution in [3.05, 3.63) is 29.8 Å². The fourth-order valence-corrected chi connectivity index (χ4v) is 2.53. The first-order valence-corrected chi connectivity index (χ1v) is 7.16. The monoisotopic (exact) mass is 248 g/mol. The van der Waals surface area contributed by atoms with E-state index in [4.69, 9.17) is 4.74 Å². The largest absolute Gasteiger partial charge is 0.491 e. The second-order valence-electron chi connectivity index (χ2n) is 5.47. The van der Waals surface area contributed by atoms with E-state index in [2.05, 4.69) is 19.1 Å². The lowest BCUT2D eigenvalue weighted by molar-refractivity contribution is 0.00140. The van der Waals surface area contributed by atoms with Crippen LogP contribution >= 0.6 is 0 Å². The number of hydrogen-bond donors (Lipinski definition) is 1. The van der Waals surface area contributed by atoms with Crippen LogP contribution in [0.4, 0.5) is 0 Å². The molecule has 100 valence electrons. The molecule has 2 heteroatoms. The summed E-state index contributed by atoms with van der Waals surface area (Å²) >= 11 is 0. The number of ether oxygens (including phenoxy) is 1. The maximum Gasteiger partial charge on any atom is 0.119 e. The molecule has 1 aromatic carbocycles. The Bertz CT molecular complexity index is 350. The number of benzene rings is 1. The van der Waals surface area contributed by atoms with Crippen LogP contribution in [-0.2, 0) is 6.42 Å². The fraction of sp³-hybridized carbons (Fsp3) is 0.625. The number of aryl methyl sites for hydroxylation is 1. The first kappa shape index (κ1) is 13.4. The molecule has 0 spiro atoms. The van der Waals surface area contributed by atoms with E-state index in [1.165, 1.54) is 18.4 Å². The Hall–Kier alpha value is -1.02. The van der Waals surface area contributed by atoms with Crippen LogP contribution in [0.2, 0.25) is 0 Å². The van der Waals surface area contributed by atoms with Gasteiger partial charge in [-0.25, -0.2) is 0 Å². The zero-order valence-electron chi connectivity index (χ0n) is 11.3. The quantitative estimate of drug-likeness (QED) is 0.831. The minimum atomic E-state index is -0.582. The normalized spacial score (nSPS) is 17.9. The Kier molecular flexibility index (Phi) is 4.65. The van der Waals surface area contributed by atoms with Crippen LogP contribution in [0.25, 0.3) is 0 Å². The highest BCUT2D eigenvalue weighted by Crippen LogP contribution is 2.30. The summed E-state index contributed by atoms with van der Waals surface area (Å²) in [5.41, 5.74) is 0.782. The minimum absolute atomic E-state index is 0.432. The first-order valence-electron chi connectivity index (χ1n) is 7.16. The Morgan fingerprint density at radius 2 is 1.83 bits per heavy atom. The van der Waals surface area contributed by atoms with E-state index < -0.39 is 5.60 Å². The molecule has 0 aliphatic heterocycles.